The minimum Gasteiger partial charge on any atom is -0.493 e. The van der Waals surface area contributed by atoms with Gasteiger partial charge in [-0.25, -0.2) is 9.59 Å². The summed E-state index contributed by atoms with van der Waals surface area (Å²) in [6.45, 7) is 6.42. The molecule has 0 spiro atoms. The fourth-order valence-electron chi connectivity index (χ4n) is 2.23. The molecule has 174 valence electrons. The van der Waals surface area contributed by atoms with Gasteiger partial charge in [-0.3, -0.25) is 4.99 Å². The highest BCUT2D eigenvalue weighted by Gasteiger charge is 2.23. The molecule has 1 aromatic rings. The van der Waals surface area contributed by atoms with Gasteiger partial charge in [-0.2, -0.15) is 0 Å². The van der Waals surface area contributed by atoms with Gasteiger partial charge in [0.1, 0.15) is 19.3 Å². The van der Waals surface area contributed by atoms with Gasteiger partial charge in [0.05, 0.1) is 14.2 Å². The van der Waals surface area contributed by atoms with Gasteiger partial charge >= 0.3 is 12.1 Å². The van der Waals surface area contributed by atoms with E-state index < -0.39 is 18.1 Å². The number of hydrogen-bond donors (Lipinski definition) is 1. The Balaban J connectivity index is 2.64. The summed E-state index contributed by atoms with van der Waals surface area (Å²) in [6.07, 6.45) is 1.20. The highest BCUT2D eigenvalue weighted by molar-refractivity contribution is 8.77. The molecule has 1 aromatic carbocycles. The first-order valence-electron chi connectivity index (χ1n) is 9.72. The number of nitrogens with one attached hydrogen (secondary N) is 1. The second-order valence-electron chi connectivity index (χ2n) is 7.34. The van der Waals surface area contributed by atoms with E-state index in [-0.39, 0.29) is 18.0 Å². The van der Waals surface area contributed by atoms with Crippen LogP contribution in [0.4, 0.5) is 4.79 Å². The molecular weight excluding hydrogens is 440 g/mol. The van der Waals surface area contributed by atoms with Crippen molar-refractivity contribution in [3.8, 4) is 11.5 Å². The van der Waals surface area contributed by atoms with Crippen LogP contribution in [0.25, 0.3) is 0 Å². The minimum absolute atomic E-state index is 0.0189. The van der Waals surface area contributed by atoms with E-state index in [1.54, 1.807) is 53.9 Å². The van der Waals surface area contributed by atoms with Gasteiger partial charge in [-0.1, -0.05) is 48.4 Å². The largest absolute Gasteiger partial charge is 0.493 e. The van der Waals surface area contributed by atoms with Gasteiger partial charge in [0.15, 0.2) is 11.5 Å². The number of ether oxygens (including phenoxy) is 4. The lowest BCUT2D eigenvalue weighted by molar-refractivity contribution is -0.144. The topological polar surface area (TPSA) is 95.5 Å². The SMILES string of the molecule is CN=CCOC(=O)[C@H](CCSSC(C)(C)C)NC(=O)OCc1ccc(OC)c(OC)c1. The van der Waals surface area contributed by atoms with Crippen molar-refractivity contribution >= 4 is 39.9 Å². The van der Waals surface area contributed by atoms with E-state index in [0.717, 1.165) is 5.56 Å². The van der Waals surface area contributed by atoms with Crippen LogP contribution in [0.3, 0.4) is 0 Å². The van der Waals surface area contributed by atoms with Crippen molar-refractivity contribution in [2.24, 2.45) is 4.99 Å². The monoisotopic (exact) mass is 472 g/mol. The van der Waals surface area contributed by atoms with Crippen LogP contribution in [0.2, 0.25) is 0 Å². The molecule has 0 saturated heterocycles. The zero-order valence-electron chi connectivity index (χ0n) is 18.9. The van der Waals surface area contributed by atoms with Gasteiger partial charge in [0.25, 0.3) is 0 Å². The molecule has 0 aromatic heterocycles. The van der Waals surface area contributed by atoms with Crippen LogP contribution in [0.15, 0.2) is 23.2 Å². The Bertz CT molecular complexity index is 737. The summed E-state index contributed by atoms with van der Waals surface area (Å²) < 4.78 is 21.0. The predicted octanol–water partition coefficient (Wildman–Crippen LogP) is 4.11. The number of esters is 1. The number of amides is 1. The lowest BCUT2D eigenvalue weighted by atomic mass is 10.2. The van der Waals surface area contributed by atoms with Crippen LogP contribution in [0.5, 0.6) is 11.5 Å². The molecule has 0 heterocycles. The normalized spacial score (nSPS) is 12.3. The number of aliphatic imine (C=N–C) groups is 1. The van der Waals surface area contributed by atoms with Crippen LogP contribution in [0.1, 0.15) is 32.8 Å². The molecule has 8 nitrogen and oxygen atoms in total. The average Bonchev–Trinajstić information content (AvgIpc) is 2.73. The standard InChI is InChI=1S/C21H32N2O6S2/c1-21(2,3)31-30-12-9-16(19(24)28-11-10-22-4)23-20(25)29-14-15-7-8-17(26-5)18(13-15)27-6/h7-8,10,13,16H,9,11-12,14H2,1-6H3,(H,23,25)/t16-/m0/s1. The lowest BCUT2D eigenvalue weighted by Gasteiger charge is -2.19. The Kier molecular flexibility index (Phi) is 12.2. The summed E-state index contributed by atoms with van der Waals surface area (Å²) in [5, 5.41) is 2.60. The van der Waals surface area contributed by atoms with Crippen molar-refractivity contribution in [3.05, 3.63) is 23.8 Å². The first kappa shape index (κ1) is 27.0. The Morgan fingerprint density at radius 1 is 1.16 bits per heavy atom. The van der Waals surface area contributed by atoms with Crippen LogP contribution in [0, 0.1) is 0 Å². The number of alkyl carbamates (subject to hydrolysis) is 1. The molecule has 0 bridgehead atoms. The summed E-state index contributed by atoms with van der Waals surface area (Å²) >= 11 is 0. The smallest absolute Gasteiger partial charge is 0.408 e. The van der Waals surface area contributed by atoms with Gasteiger partial charge in [0.2, 0.25) is 0 Å². The number of rotatable bonds is 12. The summed E-state index contributed by atoms with van der Waals surface area (Å²) in [5.74, 6) is 1.26. The molecule has 0 aliphatic rings. The van der Waals surface area contributed by atoms with Crippen LogP contribution >= 0.6 is 21.6 Å². The maximum Gasteiger partial charge on any atom is 0.408 e. The molecule has 31 heavy (non-hydrogen) atoms. The van der Waals surface area contributed by atoms with E-state index in [9.17, 15) is 9.59 Å². The number of carbonyl (C=O) groups excluding carboxylic acids is 2. The third-order valence-corrected chi connectivity index (χ3v) is 7.05. The highest BCUT2D eigenvalue weighted by Crippen LogP contribution is 2.35. The van der Waals surface area contributed by atoms with Gasteiger partial charge < -0.3 is 24.3 Å². The Morgan fingerprint density at radius 3 is 2.48 bits per heavy atom. The first-order valence-corrected chi connectivity index (χ1v) is 12.0. The Labute approximate surface area is 192 Å². The van der Waals surface area contributed by atoms with E-state index >= 15 is 0 Å². The second kappa shape index (κ2) is 14.1. The summed E-state index contributed by atoms with van der Waals surface area (Å²) in [6, 6.07) is 4.42. The quantitative estimate of drug-likeness (QED) is 0.210. The zero-order chi connectivity index (χ0) is 23.3. The molecule has 1 atom stereocenters. The molecule has 10 heteroatoms. The summed E-state index contributed by atoms with van der Waals surface area (Å²) in [5.41, 5.74) is 0.725. The first-order chi connectivity index (χ1) is 14.7. The van der Waals surface area contributed by atoms with Gasteiger partial charge in [-0.15, -0.1) is 0 Å². The van der Waals surface area contributed by atoms with Crippen molar-refractivity contribution < 1.29 is 28.5 Å². The highest BCUT2D eigenvalue weighted by atomic mass is 33.1. The van der Waals surface area contributed by atoms with Crippen molar-refractivity contribution in [1.29, 1.82) is 0 Å². The molecule has 1 rings (SSSR count). The van der Waals surface area contributed by atoms with E-state index in [2.05, 4.69) is 31.1 Å². The molecule has 0 radical (unpaired) electrons. The Hall–Kier alpha value is -2.07. The maximum absolute atomic E-state index is 12.4. The molecule has 1 amide bonds. The number of benzene rings is 1. The fraction of sp³-hybridized carbons (Fsp3) is 0.571. The van der Waals surface area contributed by atoms with Gasteiger partial charge in [-0.05, 0) is 24.1 Å². The Morgan fingerprint density at radius 2 is 1.87 bits per heavy atom. The summed E-state index contributed by atoms with van der Waals surface area (Å²) in [7, 11) is 8.03. The third kappa shape index (κ3) is 11.2. The summed E-state index contributed by atoms with van der Waals surface area (Å²) in [4.78, 5) is 28.4. The van der Waals surface area contributed by atoms with Crippen LogP contribution in [-0.4, -0.2) is 62.7 Å². The second-order valence-corrected chi connectivity index (χ2v) is 10.6. The van der Waals surface area contributed by atoms with Crippen molar-refractivity contribution in [1.82, 2.24) is 5.32 Å². The van der Waals surface area contributed by atoms with E-state index in [1.807, 2.05) is 0 Å². The minimum atomic E-state index is -0.809. The predicted molar refractivity (Wildman–Crippen MR) is 126 cm³/mol. The maximum atomic E-state index is 12.4. The van der Waals surface area contributed by atoms with Crippen molar-refractivity contribution in [3.63, 3.8) is 0 Å². The molecule has 0 unspecified atom stereocenters. The fourth-order valence-corrected chi connectivity index (χ4v) is 4.60. The number of hydrogen-bond acceptors (Lipinski definition) is 9. The van der Waals surface area contributed by atoms with E-state index in [0.29, 0.717) is 23.7 Å². The van der Waals surface area contributed by atoms with E-state index in [4.69, 9.17) is 18.9 Å². The molecule has 1 N–H and O–H groups in total. The molecule has 0 saturated carbocycles. The molecular formula is C21H32N2O6S2. The van der Waals surface area contributed by atoms with Crippen molar-refractivity contribution in [2.45, 2.75) is 44.6 Å². The number of nitrogens with zero attached hydrogens (tertiary/aromatic N) is 1. The molecule has 0 aliphatic heterocycles. The zero-order valence-corrected chi connectivity index (χ0v) is 20.6. The molecule has 0 aliphatic carbocycles. The lowest BCUT2D eigenvalue weighted by Crippen LogP contribution is -2.42. The molecule has 0 fully saturated rings. The number of methoxy groups -OCH3 is 2. The van der Waals surface area contributed by atoms with Crippen molar-refractivity contribution in [2.75, 3.05) is 33.6 Å². The third-order valence-electron chi connectivity index (χ3n) is 3.68. The van der Waals surface area contributed by atoms with E-state index in [1.165, 1.54) is 13.3 Å². The van der Waals surface area contributed by atoms with Crippen LogP contribution in [-0.2, 0) is 20.9 Å². The average molecular weight is 473 g/mol. The number of carbonyl (C=O) groups is 2. The van der Waals surface area contributed by atoms with Crippen LogP contribution < -0.4 is 14.8 Å². The van der Waals surface area contributed by atoms with Gasteiger partial charge in [0, 0.05) is 23.8 Å².